The van der Waals surface area contributed by atoms with E-state index in [0.717, 1.165) is 22.3 Å². The first-order valence-electron chi connectivity index (χ1n) is 5.76. The molecule has 1 aromatic carbocycles. The van der Waals surface area contributed by atoms with Gasteiger partial charge in [-0.25, -0.2) is 0 Å². The number of benzene rings is 1. The van der Waals surface area contributed by atoms with Gasteiger partial charge in [-0.15, -0.1) is 0 Å². The lowest BCUT2D eigenvalue weighted by Crippen LogP contribution is -1.99. The van der Waals surface area contributed by atoms with Crippen LogP contribution < -0.4 is 5.73 Å². The van der Waals surface area contributed by atoms with Gasteiger partial charge < -0.3 is 5.73 Å². The van der Waals surface area contributed by atoms with Gasteiger partial charge in [0, 0.05) is 17.1 Å². The van der Waals surface area contributed by atoms with Crippen LogP contribution in [0.1, 0.15) is 17.5 Å². The van der Waals surface area contributed by atoms with Crippen LogP contribution >= 0.6 is 15.9 Å². The van der Waals surface area contributed by atoms with E-state index in [-0.39, 0.29) is 0 Å². The minimum absolute atomic E-state index is 0.734. The predicted octanol–water partition coefficient (Wildman–Crippen LogP) is 2.92. The van der Waals surface area contributed by atoms with Crippen molar-refractivity contribution in [3.63, 3.8) is 0 Å². The number of aromatic nitrogens is 2. The molecule has 0 amide bonds. The van der Waals surface area contributed by atoms with Gasteiger partial charge in [0.1, 0.15) is 5.82 Å². The highest BCUT2D eigenvalue weighted by molar-refractivity contribution is 9.10. The second-order valence-corrected chi connectivity index (χ2v) is 5.43. The summed E-state index contributed by atoms with van der Waals surface area (Å²) < 4.78 is 2.84. The summed E-state index contributed by atoms with van der Waals surface area (Å²) in [7, 11) is 1.87. The Balaban J connectivity index is 2.24. The Morgan fingerprint density at radius 2 is 2.12 bits per heavy atom. The maximum atomic E-state index is 6.06. The van der Waals surface area contributed by atoms with E-state index in [1.807, 2.05) is 13.2 Å². The number of aryl methyl sites for hydroxylation is 2. The lowest BCUT2D eigenvalue weighted by Gasteiger charge is -2.09. The van der Waals surface area contributed by atoms with Crippen molar-refractivity contribution in [3.05, 3.63) is 33.9 Å². The minimum atomic E-state index is 0.734. The molecule has 3 nitrogen and oxygen atoms in total. The number of fused-ring (bicyclic) bond motifs is 1. The van der Waals surface area contributed by atoms with Gasteiger partial charge in [0.15, 0.2) is 0 Å². The molecule has 4 heteroatoms. The summed E-state index contributed by atoms with van der Waals surface area (Å²) in [6.07, 6.45) is 5.41. The number of hydrogen-bond donors (Lipinski definition) is 1. The van der Waals surface area contributed by atoms with E-state index in [1.165, 1.54) is 29.5 Å². The zero-order valence-electron chi connectivity index (χ0n) is 9.70. The molecule has 1 heterocycles. The summed E-state index contributed by atoms with van der Waals surface area (Å²) >= 11 is 3.58. The Bertz CT molecular complexity index is 587. The van der Waals surface area contributed by atoms with Crippen LogP contribution in [0.4, 0.5) is 5.82 Å². The minimum Gasteiger partial charge on any atom is -0.383 e. The van der Waals surface area contributed by atoms with Crippen molar-refractivity contribution in [1.29, 1.82) is 0 Å². The lowest BCUT2D eigenvalue weighted by molar-refractivity contribution is 0.779. The van der Waals surface area contributed by atoms with E-state index in [9.17, 15) is 0 Å². The second-order valence-electron chi connectivity index (χ2n) is 4.51. The number of halogens is 1. The van der Waals surface area contributed by atoms with Gasteiger partial charge in [0.25, 0.3) is 0 Å². The summed E-state index contributed by atoms with van der Waals surface area (Å²) in [5, 5.41) is 4.22. The van der Waals surface area contributed by atoms with Gasteiger partial charge in [0.05, 0.1) is 6.20 Å². The Kier molecular flexibility index (Phi) is 2.47. The average Bonchev–Trinajstić information content (AvgIpc) is 2.87. The molecule has 0 unspecified atom stereocenters. The van der Waals surface area contributed by atoms with E-state index in [4.69, 9.17) is 5.73 Å². The molecule has 88 valence electrons. The molecule has 17 heavy (non-hydrogen) atoms. The standard InChI is InChI=1S/C13H14BrN3/c1-17-13(15)12(7-16-17)11-6-9(14)5-8-3-2-4-10(8)11/h5-7H,2-4,15H2,1H3. The Morgan fingerprint density at radius 1 is 1.29 bits per heavy atom. The molecule has 1 aliphatic carbocycles. The Morgan fingerprint density at radius 3 is 2.82 bits per heavy atom. The first kappa shape index (κ1) is 10.8. The first-order chi connectivity index (χ1) is 8.16. The smallest absolute Gasteiger partial charge is 0.129 e. The van der Waals surface area contributed by atoms with Crippen molar-refractivity contribution in [2.75, 3.05) is 5.73 Å². The molecule has 0 aliphatic heterocycles. The van der Waals surface area contributed by atoms with E-state index in [1.54, 1.807) is 4.68 Å². The number of anilines is 1. The van der Waals surface area contributed by atoms with Crippen LogP contribution in [0.25, 0.3) is 11.1 Å². The largest absolute Gasteiger partial charge is 0.383 e. The van der Waals surface area contributed by atoms with E-state index >= 15 is 0 Å². The molecule has 0 spiro atoms. The molecular weight excluding hydrogens is 278 g/mol. The first-order valence-corrected chi connectivity index (χ1v) is 6.55. The van der Waals surface area contributed by atoms with Gasteiger partial charge in [-0.1, -0.05) is 15.9 Å². The predicted molar refractivity (Wildman–Crippen MR) is 72.8 cm³/mol. The zero-order valence-corrected chi connectivity index (χ0v) is 11.3. The van der Waals surface area contributed by atoms with Crippen molar-refractivity contribution in [2.45, 2.75) is 19.3 Å². The quantitative estimate of drug-likeness (QED) is 0.878. The molecule has 2 N–H and O–H groups in total. The third-order valence-electron chi connectivity index (χ3n) is 3.45. The molecular formula is C13H14BrN3. The van der Waals surface area contributed by atoms with Crippen molar-refractivity contribution in [1.82, 2.24) is 9.78 Å². The van der Waals surface area contributed by atoms with E-state index < -0.39 is 0 Å². The summed E-state index contributed by atoms with van der Waals surface area (Å²) in [5.41, 5.74) is 11.2. The number of nitrogens with zero attached hydrogens (tertiary/aromatic N) is 2. The van der Waals surface area contributed by atoms with Crippen LogP contribution in [0.3, 0.4) is 0 Å². The second kappa shape index (κ2) is 3.88. The number of nitrogen functional groups attached to an aromatic ring is 1. The van der Waals surface area contributed by atoms with Crippen molar-refractivity contribution >= 4 is 21.7 Å². The average molecular weight is 292 g/mol. The fourth-order valence-corrected chi connectivity index (χ4v) is 3.07. The van der Waals surface area contributed by atoms with Crippen molar-refractivity contribution in [3.8, 4) is 11.1 Å². The molecule has 3 rings (SSSR count). The van der Waals surface area contributed by atoms with Gasteiger partial charge in [-0.2, -0.15) is 5.10 Å². The zero-order chi connectivity index (χ0) is 12.0. The Hall–Kier alpha value is -1.29. The summed E-state index contributed by atoms with van der Waals surface area (Å²) in [6, 6.07) is 4.37. The highest BCUT2D eigenvalue weighted by atomic mass is 79.9. The Labute approximate surface area is 109 Å². The van der Waals surface area contributed by atoms with E-state index in [0.29, 0.717) is 0 Å². The molecule has 0 saturated heterocycles. The van der Waals surface area contributed by atoms with Gasteiger partial charge in [-0.3, -0.25) is 4.68 Å². The molecule has 0 bridgehead atoms. The maximum Gasteiger partial charge on any atom is 0.129 e. The number of rotatable bonds is 1. The van der Waals surface area contributed by atoms with Crippen LogP contribution in [-0.2, 0) is 19.9 Å². The van der Waals surface area contributed by atoms with Crippen LogP contribution in [0.2, 0.25) is 0 Å². The molecule has 1 aromatic heterocycles. The van der Waals surface area contributed by atoms with Crippen LogP contribution in [0.5, 0.6) is 0 Å². The molecule has 0 fully saturated rings. The molecule has 2 aromatic rings. The third kappa shape index (κ3) is 1.67. The lowest BCUT2D eigenvalue weighted by atomic mass is 9.98. The maximum absolute atomic E-state index is 6.06. The third-order valence-corrected chi connectivity index (χ3v) is 3.91. The molecule has 0 radical (unpaired) electrons. The normalized spacial score (nSPS) is 14.0. The number of nitrogens with two attached hydrogens (primary N) is 1. The summed E-state index contributed by atoms with van der Waals surface area (Å²) in [5.74, 6) is 0.734. The van der Waals surface area contributed by atoms with Crippen molar-refractivity contribution in [2.24, 2.45) is 7.05 Å². The van der Waals surface area contributed by atoms with E-state index in [2.05, 4.69) is 33.2 Å². The van der Waals surface area contributed by atoms with Crippen LogP contribution in [-0.4, -0.2) is 9.78 Å². The molecule has 1 aliphatic rings. The topological polar surface area (TPSA) is 43.8 Å². The van der Waals surface area contributed by atoms with Gasteiger partial charge in [0.2, 0.25) is 0 Å². The number of hydrogen-bond acceptors (Lipinski definition) is 2. The fourth-order valence-electron chi connectivity index (χ4n) is 2.56. The van der Waals surface area contributed by atoms with Gasteiger partial charge in [-0.05, 0) is 48.1 Å². The molecule has 0 atom stereocenters. The van der Waals surface area contributed by atoms with Crippen molar-refractivity contribution < 1.29 is 0 Å². The highest BCUT2D eigenvalue weighted by Crippen LogP contribution is 2.37. The summed E-state index contributed by atoms with van der Waals surface area (Å²) in [6.45, 7) is 0. The SMILES string of the molecule is Cn1ncc(-c2cc(Br)cc3c2CCC3)c1N. The monoisotopic (exact) mass is 291 g/mol. The van der Waals surface area contributed by atoms with Crippen LogP contribution in [0, 0.1) is 0 Å². The van der Waals surface area contributed by atoms with Crippen LogP contribution in [0.15, 0.2) is 22.8 Å². The summed E-state index contributed by atoms with van der Waals surface area (Å²) in [4.78, 5) is 0. The fraction of sp³-hybridized carbons (Fsp3) is 0.308. The molecule has 0 saturated carbocycles. The highest BCUT2D eigenvalue weighted by Gasteiger charge is 2.19. The van der Waals surface area contributed by atoms with Gasteiger partial charge >= 0.3 is 0 Å².